The lowest BCUT2D eigenvalue weighted by atomic mass is 9.95. The molecule has 0 amide bonds. The summed E-state index contributed by atoms with van der Waals surface area (Å²) in [5.41, 5.74) is -0.501. The topological polar surface area (TPSA) is 38.3 Å². The maximum Gasteiger partial charge on any atom is 0.416 e. The molecule has 1 N–H and O–H groups in total. The highest BCUT2D eigenvalue weighted by molar-refractivity contribution is 5.75. The highest BCUT2D eigenvalue weighted by Gasteiger charge is 2.31. The summed E-state index contributed by atoms with van der Waals surface area (Å²) >= 11 is 0. The molecule has 2 rings (SSSR count). The number of carbonyl (C=O) groups is 1. The molecule has 0 spiro atoms. The van der Waals surface area contributed by atoms with Gasteiger partial charge in [0.2, 0.25) is 0 Å². The number of ether oxygens (including phenoxy) is 1. The molecule has 0 aliphatic heterocycles. The first-order valence-electron chi connectivity index (χ1n) is 8.16. The first-order chi connectivity index (χ1) is 13.1. The average molecular weight is 405 g/mol. The van der Waals surface area contributed by atoms with Crippen molar-refractivity contribution in [2.45, 2.75) is 25.6 Å². The quantitative estimate of drug-likeness (QED) is 0.541. The molecule has 2 aromatic carbocycles. The van der Waals surface area contributed by atoms with E-state index < -0.39 is 36.5 Å². The predicted molar refractivity (Wildman–Crippen MR) is 90.3 cm³/mol. The van der Waals surface area contributed by atoms with Crippen molar-refractivity contribution in [2.24, 2.45) is 0 Å². The van der Waals surface area contributed by atoms with Gasteiger partial charge in [0.1, 0.15) is 5.82 Å². The number of alkyl halides is 5. The standard InChI is InChI=1S/C19H17F6NO2/c1-28-18(27)7-11-2-5-16(20)15(6-11)14-4-3-13(19(23,24)25)8-12(14)9-26-10-17(21)22/h2-6,8,17,26H,7,9-10H2,1H3. The van der Waals surface area contributed by atoms with Crippen LogP contribution in [-0.2, 0) is 28.7 Å². The predicted octanol–water partition coefficient (Wildman–Crippen LogP) is 4.58. The van der Waals surface area contributed by atoms with Crippen LogP contribution in [0, 0.1) is 5.82 Å². The van der Waals surface area contributed by atoms with Crippen molar-refractivity contribution in [2.75, 3.05) is 13.7 Å². The Labute approximate surface area is 157 Å². The van der Waals surface area contributed by atoms with Crippen LogP contribution in [0.1, 0.15) is 16.7 Å². The first-order valence-corrected chi connectivity index (χ1v) is 8.16. The molecule has 0 saturated carbocycles. The van der Waals surface area contributed by atoms with Crippen LogP contribution in [0.5, 0.6) is 0 Å². The minimum absolute atomic E-state index is 0.00425. The molecule has 0 unspecified atom stereocenters. The van der Waals surface area contributed by atoms with Crippen molar-refractivity contribution in [3.05, 3.63) is 58.9 Å². The Morgan fingerprint density at radius 2 is 1.82 bits per heavy atom. The molecule has 0 aliphatic carbocycles. The average Bonchev–Trinajstić information content (AvgIpc) is 2.62. The van der Waals surface area contributed by atoms with Gasteiger partial charge in [-0.05, 0) is 41.0 Å². The van der Waals surface area contributed by atoms with Gasteiger partial charge in [-0.25, -0.2) is 13.2 Å². The van der Waals surface area contributed by atoms with E-state index in [0.717, 1.165) is 24.3 Å². The molecule has 2 aromatic rings. The van der Waals surface area contributed by atoms with E-state index >= 15 is 0 Å². The van der Waals surface area contributed by atoms with Gasteiger partial charge in [-0.1, -0.05) is 12.1 Å². The number of methoxy groups -OCH3 is 1. The van der Waals surface area contributed by atoms with Crippen LogP contribution < -0.4 is 5.32 Å². The smallest absolute Gasteiger partial charge is 0.416 e. The first kappa shape index (κ1) is 21.7. The second-order valence-corrected chi connectivity index (χ2v) is 5.96. The van der Waals surface area contributed by atoms with E-state index in [1.807, 2.05) is 0 Å². The maximum atomic E-state index is 14.4. The second kappa shape index (κ2) is 9.09. The minimum atomic E-state index is -4.64. The second-order valence-electron chi connectivity index (χ2n) is 5.96. The van der Waals surface area contributed by atoms with E-state index in [9.17, 15) is 31.1 Å². The van der Waals surface area contributed by atoms with Crippen molar-refractivity contribution in [3.63, 3.8) is 0 Å². The van der Waals surface area contributed by atoms with Gasteiger partial charge in [-0.2, -0.15) is 13.2 Å². The van der Waals surface area contributed by atoms with Crippen LogP contribution in [0.2, 0.25) is 0 Å². The molecule has 28 heavy (non-hydrogen) atoms. The lowest BCUT2D eigenvalue weighted by molar-refractivity contribution is -0.140. The van der Waals surface area contributed by atoms with Crippen LogP contribution in [0.3, 0.4) is 0 Å². The number of esters is 1. The Morgan fingerprint density at radius 1 is 1.11 bits per heavy atom. The normalized spacial score (nSPS) is 11.7. The molecular formula is C19H17F6NO2. The summed E-state index contributed by atoms with van der Waals surface area (Å²) in [5, 5.41) is 2.35. The number of nitrogens with one attached hydrogen (secondary N) is 1. The molecule has 3 nitrogen and oxygen atoms in total. The fraction of sp³-hybridized carbons (Fsp3) is 0.316. The molecule has 0 aliphatic rings. The van der Waals surface area contributed by atoms with Gasteiger partial charge < -0.3 is 10.1 Å². The van der Waals surface area contributed by atoms with E-state index in [-0.39, 0.29) is 29.7 Å². The molecule has 0 bridgehead atoms. The summed E-state index contributed by atoms with van der Waals surface area (Å²) in [7, 11) is 1.19. The summed E-state index contributed by atoms with van der Waals surface area (Å²) in [5.74, 6) is -1.28. The SMILES string of the molecule is COC(=O)Cc1ccc(F)c(-c2ccc(C(F)(F)F)cc2CNCC(F)F)c1. The van der Waals surface area contributed by atoms with Crippen LogP contribution in [0.25, 0.3) is 11.1 Å². The van der Waals surface area contributed by atoms with Crippen LogP contribution in [0.4, 0.5) is 26.3 Å². The molecule has 0 aromatic heterocycles. The molecular weight excluding hydrogens is 388 g/mol. The zero-order valence-electron chi connectivity index (χ0n) is 14.7. The van der Waals surface area contributed by atoms with Crippen molar-refractivity contribution < 1.29 is 35.9 Å². The number of carbonyl (C=O) groups excluding carboxylic acids is 1. The molecule has 0 fully saturated rings. The van der Waals surface area contributed by atoms with Crippen LogP contribution in [0.15, 0.2) is 36.4 Å². The van der Waals surface area contributed by atoms with E-state index in [1.165, 1.54) is 19.2 Å². The third-order valence-electron chi connectivity index (χ3n) is 3.94. The molecule has 9 heteroatoms. The lowest BCUT2D eigenvalue weighted by Crippen LogP contribution is -2.21. The summed E-state index contributed by atoms with van der Waals surface area (Å²) in [4.78, 5) is 11.4. The molecule has 152 valence electrons. The number of halogens is 6. The van der Waals surface area contributed by atoms with Crippen molar-refractivity contribution >= 4 is 5.97 Å². The minimum Gasteiger partial charge on any atom is -0.469 e. The Hall–Kier alpha value is -2.55. The van der Waals surface area contributed by atoms with Gasteiger partial charge in [0.15, 0.2) is 0 Å². The lowest BCUT2D eigenvalue weighted by Gasteiger charge is -2.16. The summed E-state index contributed by atoms with van der Waals surface area (Å²) < 4.78 is 82.7. The fourth-order valence-corrected chi connectivity index (χ4v) is 2.62. The summed E-state index contributed by atoms with van der Waals surface area (Å²) in [6.07, 6.45) is -7.47. The van der Waals surface area contributed by atoms with Crippen molar-refractivity contribution in [1.82, 2.24) is 5.32 Å². The highest BCUT2D eigenvalue weighted by Crippen LogP contribution is 2.34. The Bertz CT molecular complexity index is 836. The van der Waals surface area contributed by atoms with E-state index in [0.29, 0.717) is 5.56 Å². The Balaban J connectivity index is 2.47. The van der Waals surface area contributed by atoms with Gasteiger partial charge in [0.25, 0.3) is 6.43 Å². The number of benzene rings is 2. The zero-order chi connectivity index (χ0) is 20.9. The van der Waals surface area contributed by atoms with Gasteiger partial charge in [-0.15, -0.1) is 0 Å². The van der Waals surface area contributed by atoms with E-state index in [2.05, 4.69) is 10.1 Å². The van der Waals surface area contributed by atoms with Gasteiger partial charge in [-0.3, -0.25) is 4.79 Å². The van der Waals surface area contributed by atoms with E-state index in [1.54, 1.807) is 0 Å². The molecule has 0 radical (unpaired) electrons. The van der Waals surface area contributed by atoms with Crippen LogP contribution >= 0.6 is 0 Å². The van der Waals surface area contributed by atoms with E-state index in [4.69, 9.17) is 0 Å². The Kier molecular flexibility index (Phi) is 7.06. The third kappa shape index (κ3) is 5.72. The maximum absolute atomic E-state index is 14.4. The zero-order valence-corrected chi connectivity index (χ0v) is 14.7. The molecule has 0 atom stereocenters. The van der Waals surface area contributed by atoms with Crippen molar-refractivity contribution in [1.29, 1.82) is 0 Å². The number of hydrogen-bond donors (Lipinski definition) is 1. The van der Waals surface area contributed by atoms with Gasteiger partial charge in [0.05, 0.1) is 25.6 Å². The highest BCUT2D eigenvalue weighted by atomic mass is 19.4. The largest absolute Gasteiger partial charge is 0.469 e. The van der Waals surface area contributed by atoms with Crippen LogP contribution in [-0.4, -0.2) is 26.0 Å². The number of rotatable bonds is 7. The van der Waals surface area contributed by atoms with Crippen molar-refractivity contribution in [3.8, 4) is 11.1 Å². The van der Waals surface area contributed by atoms with Gasteiger partial charge >= 0.3 is 12.1 Å². The fourth-order valence-electron chi connectivity index (χ4n) is 2.62. The number of hydrogen-bond acceptors (Lipinski definition) is 3. The summed E-state index contributed by atoms with van der Waals surface area (Å²) in [6, 6.07) is 6.43. The summed E-state index contributed by atoms with van der Waals surface area (Å²) in [6.45, 7) is -1.04. The Morgan fingerprint density at radius 3 is 2.43 bits per heavy atom. The molecule has 0 saturated heterocycles. The third-order valence-corrected chi connectivity index (χ3v) is 3.94. The van der Waals surface area contributed by atoms with Gasteiger partial charge in [0, 0.05) is 12.1 Å². The monoisotopic (exact) mass is 405 g/mol. The molecule has 0 heterocycles.